The Kier molecular flexibility index (Phi) is 12.5. The molecule has 0 saturated heterocycles. The molecule has 3 rings (SSSR count). The van der Waals surface area contributed by atoms with Crippen molar-refractivity contribution in [2.24, 2.45) is 17.3 Å². The molecular formula is C36H64O5SSi2. The molecule has 44 heavy (non-hydrogen) atoms. The SMILES string of the molecule is CCC1(C(CC=C[C@H]2[C@@H](CCCc3ccc(C(=O)OC)s3)[C@H](O)C[C@H]2O[Si](C)(C)C(C)(C)C)O[Si](C)(C)C(C)(C)C)CCC1. The number of ether oxygens (including phenoxy) is 1. The molecule has 0 amide bonds. The second-order valence-electron chi connectivity index (χ2n) is 16.7. The fourth-order valence-electron chi connectivity index (χ4n) is 6.52. The van der Waals surface area contributed by atoms with E-state index < -0.39 is 16.6 Å². The van der Waals surface area contributed by atoms with Crippen LogP contribution in [-0.2, 0) is 20.0 Å². The quantitative estimate of drug-likeness (QED) is 0.122. The van der Waals surface area contributed by atoms with Crippen molar-refractivity contribution in [3.8, 4) is 0 Å². The summed E-state index contributed by atoms with van der Waals surface area (Å²) in [6.45, 7) is 25.7. The van der Waals surface area contributed by atoms with Crippen molar-refractivity contribution in [3.05, 3.63) is 34.0 Å². The Morgan fingerprint density at radius 1 is 1.09 bits per heavy atom. The number of aryl methyl sites for hydroxylation is 1. The van der Waals surface area contributed by atoms with Crippen molar-refractivity contribution in [2.75, 3.05) is 7.11 Å². The van der Waals surface area contributed by atoms with Gasteiger partial charge in [0.1, 0.15) is 4.88 Å². The number of thiophene rings is 1. The molecule has 0 aromatic carbocycles. The molecule has 1 aromatic heterocycles. The summed E-state index contributed by atoms with van der Waals surface area (Å²) in [5.41, 5.74) is 0.287. The Labute approximate surface area is 275 Å². The van der Waals surface area contributed by atoms with Gasteiger partial charge in [0.2, 0.25) is 0 Å². The van der Waals surface area contributed by atoms with E-state index in [4.69, 9.17) is 13.6 Å². The molecule has 0 bridgehead atoms. The number of carbonyl (C=O) groups is 1. The van der Waals surface area contributed by atoms with Crippen molar-refractivity contribution < 1.29 is 23.5 Å². The molecule has 2 saturated carbocycles. The van der Waals surface area contributed by atoms with E-state index in [0.29, 0.717) is 11.3 Å². The first-order chi connectivity index (χ1) is 20.3. The number of carbonyl (C=O) groups excluding carboxylic acids is 1. The Morgan fingerprint density at radius 3 is 2.25 bits per heavy atom. The minimum atomic E-state index is -2.02. The summed E-state index contributed by atoms with van der Waals surface area (Å²) in [5, 5.41) is 11.7. The Bertz CT molecular complexity index is 1100. The van der Waals surface area contributed by atoms with Crippen LogP contribution in [0.4, 0.5) is 0 Å². The van der Waals surface area contributed by atoms with Crippen molar-refractivity contribution in [1.82, 2.24) is 0 Å². The summed E-state index contributed by atoms with van der Waals surface area (Å²) < 4.78 is 19.1. The van der Waals surface area contributed by atoms with E-state index in [-0.39, 0.29) is 51.6 Å². The first-order valence-corrected chi connectivity index (χ1v) is 23.8. The molecule has 2 aliphatic carbocycles. The number of aliphatic hydroxyl groups is 1. The van der Waals surface area contributed by atoms with Gasteiger partial charge in [-0.3, -0.25) is 0 Å². The van der Waals surface area contributed by atoms with Crippen LogP contribution in [0.3, 0.4) is 0 Å². The van der Waals surface area contributed by atoms with Crippen LogP contribution in [0.5, 0.6) is 0 Å². The van der Waals surface area contributed by atoms with E-state index in [9.17, 15) is 9.90 Å². The number of aliphatic hydroxyl groups excluding tert-OH is 1. The first-order valence-electron chi connectivity index (χ1n) is 17.1. The molecule has 0 radical (unpaired) electrons. The smallest absolute Gasteiger partial charge is 0.348 e. The van der Waals surface area contributed by atoms with Crippen LogP contribution in [-0.4, -0.2) is 53.1 Å². The maximum Gasteiger partial charge on any atom is 0.348 e. The summed E-state index contributed by atoms with van der Waals surface area (Å²) in [6.07, 6.45) is 14.1. The summed E-state index contributed by atoms with van der Waals surface area (Å²) in [4.78, 5) is 13.8. The zero-order valence-corrected chi connectivity index (χ0v) is 32.9. The fourth-order valence-corrected chi connectivity index (χ4v) is 10.3. The fraction of sp³-hybridized carbons (Fsp3) is 0.806. The highest BCUT2D eigenvalue weighted by atomic mass is 32.1. The van der Waals surface area contributed by atoms with Crippen LogP contribution in [0.2, 0.25) is 36.3 Å². The molecule has 1 N–H and O–H groups in total. The molecule has 1 heterocycles. The lowest BCUT2D eigenvalue weighted by atomic mass is 9.63. The van der Waals surface area contributed by atoms with E-state index in [2.05, 4.69) is 86.8 Å². The molecule has 2 aliphatic rings. The van der Waals surface area contributed by atoms with Gasteiger partial charge in [-0.1, -0.05) is 67.0 Å². The average Bonchev–Trinajstić information content (AvgIpc) is 3.46. The molecule has 252 valence electrons. The van der Waals surface area contributed by atoms with Gasteiger partial charge in [-0.15, -0.1) is 11.3 Å². The zero-order chi connectivity index (χ0) is 33.1. The van der Waals surface area contributed by atoms with Crippen molar-refractivity contribution >= 4 is 33.9 Å². The predicted molar refractivity (Wildman–Crippen MR) is 191 cm³/mol. The zero-order valence-electron chi connectivity index (χ0n) is 30.0. The van der Waals surface area contributed by atoms with Gasteiger partial charge in [-0.05, 0) is 111 Å². The van der Waals surface area contributed by atoms with E-state index in [1.807, 2.05) is 12.1 Å². The minimum Gasteiger partial charge on any atom is -0.465 e. The molecule has 1 unspecified atom stereocenters. The predicted octanol–water partition coefficient (Wildman–Crippen LogP) is 10.2. The molecule has 2 fully saturated rings. The highest BCUT2D eigenvalue weighted by Gasteiger charge is 2.49. The van der Waals surface area contributed by atoms with Crippen LogP contribution >= 0.6 is 11.3 Å². The maximum atomic E-state index is 11.9. The number of esters is 1. The summed E-state index contributed by atoms with van der Waals surface area (Å²) in [6, 6.07) is 3.90. The molecule has 0 spiro atoms. The third-order valence-corrected chi connectivity index (χ3v) is 22.0. The van der Waals surface area contributed by atoms with Gasteiger partial charge in [0.05, 0.1) is 25.4 Å². The van der Waals surface area contributed by atoms with Crippen LogP contribution in [0, 0.1) is 17.3 Å². The molecule has 0 aliphatic heterocycles. The van der Waals surface area contributed by atoms with Gasteiger partial charge in [-0.25, -0.2) is 4.79 Å². The van der Waals surface area contributed by atoms with E-state index in [1.54, 1.807) is 0 Å². The maximum absolute atomic E-state index is 11.9. The van der Waals surface area contributed by atoms with Crippen LogP contribution < -0.4 is 0 Å². The standard InChI is InChI=1S/C36H64O5SSi2/c1-13-36(23-16-24-36)32(41-44(11,12)35(5,6)7)20-15-19-28-27(18-14-17-26-21-22-31(42-26)33(38)39-8)29(37)25-30(28)40-43(9,10)34(2,3)4/h15,19,21-22,27-30,32,37H,13-14,16-18,20,23-25H2,1-12H3/t27-,28+,29-,30-,32?/m1/s1. The average molecular weight is 665 g/mol. The number of rotatable bonds is 14. The van der Waals surface area contributed by atoms with Crippen molar-refractivity contribution in [1.29, 1.82) is 0 Å². The van der Waals surface area contributed by atoms with Gasteiger partial charge in [0.25, 0.3) is 0 Å². The molecule has 1 aromatic rings. The number of hydrogen-bond acceptors (Lipinski definition) is 6. The number of methoxy groups -OCH3 is 1. The monoisotopic (exact) mass is 664 g/mol. The van der Waals surface area contributed by atoms with Crippen LogP contribution in [0.1, 0.15) is 114 Å². The summed E-state index contributed by atoms with van der Waals surface area (Å²) >= 11 is 1.52. The molecule has 8 heteroatoms. The van der Waals surface area contributed by atoms with Crippen molar-refractivity contribution in [2.45, 2.75) is 161 Å². The summed E-state index contributed by atoms with van der Waals surface area (Å²) in [7, 11) is -2.52. The van der Waals surface area contributed by atoms with Gasteiger partial charge in [0, 0.05) is 10.8 Å². The number of hydrogen-bond donors (Lipinski definition) is 1. The Hall–Kier alpha value is -0.776. The normalized spacial score (nSPS) is 25.3. The Morgan fingerprint density at radius 2 is 1.73 bits per heavy atom. The first kappa shape index (κ1) is 37.7. The van der Waals surface area contributed by atoms with Gasteiger partial charge in [-0.2, -0.15) is 0 Å². The lowest BCUT2D eigenvalue weighted by Crippen LogP contribution is -2.51. The highest BCUT2D eigenvalue weighted by Crippen LogP contribution is 2.52. The van der Waals surface area contributed by atoms with E-state index in [0.717, 1.165) is 25.7 Å². The third-order valence-electron chi connectivity index (χ3n) is 11.8. The summed E-state index contributed by atoms with van der Waals surface area (Å²) in [5.74, 6) is 0.0658. The minimum absolute atomic E-state index is 0.0309. The second kappa shape index (κ2) is 14.6. The van der Waals surface area contributed by atoms with Gasteiger partial charge < -0.3 is 18.7 Å². The van der Waals surface area contributed by atoms with Gasteiger partial charge >= 0.3 is 5.97 Å². The Balaban J connectivity index is 1.81. The van der Waals surface area contributed by atoms with Crippen LogP contribution in [0.15, 0.2) is 24.3 Å². The molecular weight excluding hydrogens is 601 g/mol. The molecule has 5 atom stereocenters. The van der Waals surface area contributed by atoms with E-state index >= 15 is 0 Å². The highest BCUT2D eigenvalue weighted by molar-refractivity contribution is 7.13. The second-order valence-corrected chi connectivity index (χ2v) is 27.4. The topological polar surface area (TPSA) is 65.0 Å². The van der Waals surface area contributed by atoms with E-state index in [1.165, 1.54) is 49.0 Å². The van der Waals surface area contributed by atoms with Crippen molar-refractivity contribution in [3.63, 3.8) is 0 Å². The lowest BCUT2D eigenvalue weighted by Gasteiger charge is -2.51. The third kappa shape index (κ3) is 8.77. The van der Waals surface area contributed by atoms with Gasteiger partial charge in [0.15, 0.2) is 16.6 Å². The van der Waals surface area contributed by atoms with Crippen LogP contribution in [0.25, 0.3) is 0 Å². The lowest BCUT2D eigenvalue weighted by molar-refractivity contribution is -0.0273. The molecule has 5 nitrogen and oxygen atoms in total. The largest absolute Gasteiger partial charge is 0.465 e.